The minimum absolute atomic E-state index is 0.0469. The Labute approximate surface area is 78.9 Å². The molecule has 1 atom stereocenters. The molecule has 0 aliphatic carbocycles. The Morgan fingerprint density at radius 2 is 1.85 bits per heavy atom. The van der Waals surface area contributed by atoms with Gasteiger partial charge in [-0.3, -0.25) is 9.59 Å². The van der Waals surface area contributed by atoms with Gasteiger partial charge in [0.25, 0.3) is 0 Å². The summed E-state index contributed by atoms with van der Waals surface area (Å²) in [5, 5.41) is 2.59. The van der Waals surface area contributed by atoms with E-state index in [2.05, 4.69) is 5.32 Å². The number of hydrogen-bond donors (Lipinski definition) is 2. The van der Waals surface area contributed by atoms with Crippen molar-refractivity contribution in [1.82, 2.24) is 5.32 Å². The summed E-state index contributed by atoms with van der Waals surface area (Å²) in [5.74, 6) is -0.343. The van der Waals surface area contributed by atoms with Crippen LogP contribution in [0.2, 0.25) is 0 Å². The molecule has 1 unspecified atom stereocenters. The largest absolute Gasteiger partial charge is 0.345 e. The van der Waals surface area contributed by atoms with Gasteiger partial charge in [0.15, 0.2) is 5.78 Å². The number of carbonyl (C=O) groups excluding carboxylic acids is 2. The topological polar surface area (TPSA) is 72.2 Å². The van der Waals surface area contributed by atoms with E-state index in [1.165, 1.54) is 6.92 Å². The molecule has 4 nitrogen and oxygen atoms in total. The van der Waals surface area contributed by atoms with Gasteiger partial charge in [-0.15, -0.1) is 0 Å². The molecule has 0 heterocycles. The molecule has 0 spiro atoms. The molecular weight excluding hydrogens is 168 g/mol. The molecule has 1 amide bonds. The van der Waals surface area contributed by atoms with Crippen molar-refractivity contribution in [2.24, 2.45) is 11.1 Å². The van der Waals surface area contributed by atoms with Gasteiger partial charge in [0.05, 0.1) is 12.6 Å². The Morgan fingerprint density at radius 1 is 1.38 bits per heavy atom. The number of hydrogen-bond acceptors (Lipinski definition) is 3. The number of ketones is 1. The van der Waals surface area contributed by atoms with Crippen LogP contribution in [0.3, 0.4) is 0 Å². The molecule has 0 aromatic heterocycles. The first-order valence-electron chi connectivity index (χ1n) is 4.29. The van der Waals surface area contributed by atoms with E-state index in [0.29, 0.717) is 0 Å². The van der Waals surface area contributed by atoms with Crippen molar-refractivity contribution >= 4 is 11.7 Å². The molecule has 0 fully saturated rings. The van der Waals surface area contributed by atoms with Crippen molar-refractivity contribution in [3.05, 3.63) is 0 Å². The smallest absolute Gasteiger partial charge is 0.234 e. The average molecular weight is 186 g/mol. The van der Waals surface area contributed by atoms with Crippen LogP contribution in [0, 0.1) is 5.41 Å². The molecule has 4 heteroatoms. The third-order valence-corrected chi connectivity index (χ3v) is 1.76. The van der Waals surface area contributed by atoms with Crippen LogP contribution in [0.25, 0.3) is 0 Å². The molecule has 3 N–H and O–H groups in total. The Kier molecular flexibility index (Phi) is 4.07. The highest BCUT2D eigenvalue weighted by Crippen LogP contribution is 2.19. The zero-order valence-electron chi connectivity index (χ0n) is 8.68. The minimum Gasteiger partial charge on any atom is -0.345 e. The van der Waals surface area contributed by atoms with E-state index >= 15 is 0 Å². The first-order valence-corrected chi connectivity index (χ1v) is 4.29. The van der Waals surface area contributed by atoms with Crippen LogP contribution in [0.5, 0.6) is 0 Å². The lowest BCUT2D eigenvalue weighted by Gasteiger charge is -2.29. The third-order valence-electron chi connectivity index (χ3n) is 1.76. The van der Waals surface area contributed by atoms with Gasteiger partial charge in [-0.25, -0.2) is 0 Å². The van der Waals surface area contributed by atoms with Crippen molar-refractivity contribution in [3.8, 4) is 0 Å². The summed E-state index contributed by atoms with van der Waals surface area (Å²) in [6.07, 6.45) is 0. The number of nitrogens with two attached hydrogens (primary N) is 1. The fourth-order valence-electron chi connectivity index (χ4n) is 1.15. The quantitative estimate of drug-likeness (QED) is 0.655. The monoisotopic (exact) mass is 186 g/mol. The van der Waals surface area contributed by atoms with Crippen LogP contribution in [-0.4, -0.2) is 24.3 Å². The maximum absolute atomic E-state index is 11.2. The van der Waals surface area contributed by atoms with E-state index in [1.54, 1.807) is 0 Å². The van der Waals surface area contributed by atoms with Crippen molar-refractivity contribution in [2.75, 3.05) is 6.54 Å². The second-order valence-electron chi connectivity index (χ2n) is 4.18. The molecule has 13 heavy (non-hydrogen) atoms. The summed E-state index contributed by atoms with van der Waals surface area (Å²) in [6, 6.07) is -0.455. The van der Waals surface area contributed by atoms with Crippen molar-refractivity contribution < 1.29 is 9.59 Å². The number of nitrogens with one attached hydrogen (secondary N) is 1. The van der Waals surface area contributed by atoms with Crippen LogP contribution in [0.15, 0.2) is 0 Å². The number of carbonyl (C=O) groups is 2. The Balaban J connectivity index is 4.46. The van der Waals surface area contributed by atoms with E-state index < -0.39 is 6.04 Å². The first kappa shape index (κ1) is 12.1. The van der Waals surface area contributed by atoms with Gasteiger partial charge in [0.2, 0.25) is 5.91 Å². The fraction of sp³-hybridized carbons (Fsp3) is 0.778. The summed E-state index contributed by atoms with van der Waals surface area (Å²) in [5.41, 5.74) is 4.87. The van der Waals surface area contributed by atoms with Crippen molar-refractivity contribution in [2.45, 2.75) is 33.7 Å². The summed E-state index contributed by atoms with van der Waals surface area (Å²) < 4.78 is 0. The van der Waals surface area contributed by atoms with E-state index in [0.717, 1.165) is 0 Å². The molecule has 0 aliphatic heterocycles. The van der Waals surface area contributed by atoms with E-state index in [4.69, 9.17) is 5.73 Å². The SMILES string of the molecule is CC(=O)C(NC(=O)CN)C(C)(C)C. The zero-order valence-corrected chi connectivity index (χ0v) is 8.68. The van der Waals surface area contributed by atoms with Gasteiger partial charge in [0.1, 0.15) is 0 Å². The molecule has 76 valence electrons. The predicted octanol–water partition coefficient (Wildman–Crippen LogP) is 0.0650. The lowest BCUT2D eigenvalue weighted by atomic mass is 9.84. The van der Waals surface area contributed by atoms with Crippen LogP contribution >= 0.6 is 0 Å². The van der Waals surface area contributed by atoms with E-state index in [-0.39, 0.29) is 23.7 Å². The number of rotatable bonds is 3. The molecule has 0 aliphatic rings. The third kappa shape index (κ3) is 4.03. The van der Waals surface area contributed by atoms with Gasteiger partial charge in [-0.05, 0) is 12.3 Å². The molecule has 0 saturated heterocycles. The van der Waals surface area contributed by atoms with E-state index in [1.807, 2.05) is 20.8 Å². The Morgan fingerprint density at radius 3 is 2.08 bits per heavy atom. The summed E-state index contributed by atoms with van der Waals surface area (Å²) in [7, 11) is 0. The standard InChI is InChI=1S/C9H18N2O2/c1-6(12)8(9(2,3)4)11-7(13)5-10/h8H,5,10H2,1-4H3,(H,11,13). The predicted molar refractivity (Wildman–Crippen MR) is 51.1 cm³/mol. The molecule has 0 rings (SSSR count). The molecule has 0 aromatic carbocycles. The first-order chi connectivity index (χ1) is 5.79. The van der Waals surface area contributed by atoms with Gasteiger partial charge in [-0.2, -0.15) is 0 Å². The second kappa shape index (κ2) is 4.37. The molecule has 0 saturated carbocycles. The van der Waals surface area contributed by atoms with E-state index in [9.17, 15) is 9.59 Å². The number of Topliss-reactive ketones (excluding diaryl/α,β-unsaturated/α-hetero) is 1. The highest BCUT2D eigenvalue weighted by atomic mass is 16.2. The Bertz CT molecular complexity index is 206. The van der Waals surface area contributed by atoms with Gasteiger partial charge in [-0.1, -0.05) is 20.8 Å². The zero-order chi connectivity index (χ0) is 10.6. The van der Waals surface area contributed by atoms with Crippen LogP contribution < -0.4 is 11.1 Å². The lowest BCUT2D eigenvalue weighted by molar-refractivity contribution is -0.128. The van der Waals surface area contributed by atoms with Gasteiger partial charge >= 0.3 is 0 Å². The van der Waals surface area contributed by atoms with Crippen LogP contribution in [0.1, 0.15) is 27.7 Å². The highest BCUT2D eigenvalue weighted by Gasteiger charge is 2.29. The molecule has 0 bridgehead atoms. The average Bonchev–Trinajstić information content (AvgIpc) is 1.96. The maximum atomic E-state index is 11.2. The van der Waals surface area contributed by atoms with Crippen molar-refractivity contribution in [1.29, 1.82) is 0 Å². The lowest BCUT2D eigenvalue weighted by Crippen LogP contribution is -2.49. The summed E-state index contributed by atoms with van der Waals surface area (Å²) >= 11 is 0. The number of amides is 1. The van der Waals surface area contributed by atoms with Crippen molar-refractivity contribution in [3.63, 3.8) is 0 Å². The van der Waals surface area contributed by atoms with Crippen LogP contribution in [-0.2, 0) is 9.59 Å². The van der Waals surface area contributed by atoms with Gasteiger partial charge < -0.3 is 11.1 Å². The summed E-state index contributed by atoms with van der Waals surface area (Å²) in [6.45, 7) is 7.08. The maximum Gasteiger partial charge on any atom is 0.234 e. The van der Waals surface area contributed by atoms with Crippen LogP contribution in [0.4, 0.5) is 0 Å². The fourth-order valence-corrected chi connectivity index (χ4v) is 1.15. The molecular formula is C9H18N2O2. The highest BCUT2D eigenvalue weighted by molar-refractivity contribution is 5.88. The minimum atomic E-state index is -0.455. The Hall–Kier alpha value is -0.900. The molecule has 0 aromatic rings. The summed E-state index contributed by atoms with van der Waals surface area (Å²) in [4.78, 5) is 22.2. The molecule has 0 radical (unpaired) electrons. The second-order valence-corrected chi connectivity index (χ2v) is 4.18. The van der Waals surface area contributed by atoms with Gasteiger partial charge in [0, 0.05) is 0 Å². The normalized spacial score (nSPS) is 13.6.